The number of hydrazine groups is 1. The van der Waals surface area contributed by atoms with Gasteiger partial charge in [0.15, 0.2) is 10.9 Å². The first-order valence-corrected chi connectivity index (χ1v) is 10.2. The summed E-state index contributed by atoms with van der Waals surface area (Å²) in [4.78, 5) is 12.3. The van der Waals surface area contributed by atoms with E-state index in [2.05, 4.69) is 42.1 Å². The first-order valence-electron chi connectivity index (χ1n) is 9.77. The molecular weight excluding hydrogens is 417 g/mol. The second-order valence-corrected chi connectivity index (χ2v) is 7.70. The molecule has 8 heteroatoms. The highest BCUT2D eigenvalue weighted by molar-refractivity contribution is 7.80. The van der Waals surface area contributed by atoms with Gasteiger partial charge in [-0.1, -0.05) is 32.0 Å². The highest BCUT2D eigenvalue weighted by Crippen LogP contribution is 2.28. The Balaban J connectivity index is 1.53. The molecule has 0 saturated carbocycles. The van der Waals surface area contributed by atoms with Crippen LogP contribution in [0.5, 0.6) is 5.75 Å². The molecule has 3 aromatic rings. The average molecular weight is 442 g/mol. The molecule has 0 spiro atoms. The second-order valence-electron chi connectivity index (χ2n) is 7.29. The number of thiocarbonyl (C=S) groups is 1. The molecular formula is C23H24FN3O3S. The third kappa shape index (κ3) is 6.29. The minimum Gasteiger partial charge on any atom is -0.485 e. The van der Waals surface area contributed by atoms with Gasteiger partial charge in [0.1, 0.15) is 23.9 Å². The van der Waals surface area contributed by atoms with E-state index in [1.807, 2.05) is 13.0 Å². The van der Waals surface area contributed by atoms with Gasteiger partial charge in [0.25, 0.3) is 0 Å². The predicted molar refractivity (Wildman–Crippen MR) is 122 cm³/mol. The van der Waals surface area contributed by atoms with Gasteiger partial charge >= 0.3 is 5.91 Å². The fourth-order valence-corrected chi connectivity index (χ4v) is 3.04. The molecule has 162 valence electrons. The number of hydrogen-bond donors (Lipinski definition) is 3. The molecule has 3 N–H and O–H groups in total. The standard InChI is InChI=1S/C23H24FN3O3S/c1-14(2)19-9-7-15(3)11-21(19)29-13-18-8-10-20(30-18)22(28)26-27-23(31)25-17-6-4-5-16(24)12-17/h4-12,14H,13H2,1-3H3,(H,26,28)(H2,25,27,31). The largest absolute Gasteiger partial charge is 0.485 e. The topological polar surface area (TPSA) is 75.5 Å². The van der Waals surface area contributed by atoms with Gasteiger partial charge in [-0.15, -0.1) is 0 Å². The van der Waals surface area contributed by atoms with E-state index >= 15 is 0 Å². The van der Waals surface area contributed by atoms with Crippen LogP contribution in [-0.2, 0) is 6.61 Å². The van der Waals surface area contributed by atoms with E-state index in [1.165, 1.54) is 12.1 Å². The Morgan fingerprint density at radius 1 is 1.13 bits per heavy atom. The first-order chi connectivity index (χ1) is 14.8. The summed E-state index contributed by atoms with van der Waals surface area (Å²) in [6.45, 7) is 6.41. The molecule has 0 aliphatic rings. The molecule has 0 atom stereocenters. The fraction of sp³-hybridized carbons (Fsp3) is 0.217. The maximum Gasteiger partial charge on any atom is 0.305 e. The fourth-order valence-electron chi connectivity index (χ4n) is 2.87. The number of furan rings is 1. The number of rotatable bonds is 6. The van der Waals surface area contributed by atoms with E-state index in [9.17, 15) is 9.18 Å². The number of nitrogens with one attached hydrogen (secondary N) is 3. The predicted octanol–water partition coefficient (Wildman–Crippen LogP) is 5.06. The normalized spacial score (nSPS) is 10.6. The maximum absolute atomic E-state index is 13.2. The molecule has 0 aliphatic heterocycles. The molecule has 3 rings (SSSR count). The number of anilines is 1. The van der Waals surface area contributed by atoms with Crippen molar-refractivity contribution in [1.82, 2.24) is 10.9 Å². The molecule has 31 heavy (non-hydrogen) atoms. The number of amides is 1. The minimum atomic E-state index is -0.506. The van der Waals surface area contributed by atoms with Crippen LogP contribution in [0.3, 0.4) is 0 Å². The SMILES string of the molecule is Cc1ccc(C(C)C)c(OCc2ccc(C(=O)NNC(=S)Nc3cccc(F)c3)o2)c1. The van der Waals surface area contributed by atoms with Crippen LogP contribution in [0.2, 0.25) is 0 Å². The molecule has 0 unspecified atom stereocenters. The van der Waals surface area contributed by atoms with Crippen molar-refractivity contribution >= 4 is 28.9 Å². The third-order valence-corrected chi connectivity index (χ3v) is 4.62. The Morgan fingerprint density at radius 2 is 1.94 bits per heavy atom. The van der Waals surface area contributed by atoms with Crippen LogP contribution in [-0.4, -0.2) is 11.0 Å². The lowest BCUT2D eigenvalue weighted by Gasteiger charge is -2.14. The lowest BCUT2D eigenvalue weighted by molar-refractivity contribution is 0.0912. The van der Waals surface area contributed by atoms with Crippen molar-refractivity contribution in [3.63, 3.8) is 0 Å². The Hall–Kier alpha value is -3.39. The molecule has 0 bridgehead atoms. The summed E-state index contributed by atoms with van der Waals surface area (Å²) < 4.78 is 24.7. The van der Waals surface area contributed by atoms with Crippen molar-refractivity contribution in [2.24, 2.45) is 0 Å². The number of halogens is 1. The Labute approximate surface area is 185 Å². The molecule has 0 aliphatic carbocycles. The number of carbonyl (C=O) groups is 1. The Kier molecular flexibility index (Phi) is 7.25. The van der Waals surface area contributed by atoms with Gasteiger partial charge in [-0.05, 0) is 72.6 Å². The zero-order valence-electron chi connectivity index (χ0n) is 17.5. The van der Waals surface area contributed by atoms with Crippen LogP contribution in [0, 0.1) is 12.7 Å². The smallest absolute Gasteiger partial charge is 0.305 e. The maximum atomic E-state index is 13.2. The molecule has 1 heterocycles. The number of ether oxygens (including phenoxy) is 1. The molecule has 0 radical (unpaired) electrons. The highest BCUT2D eigenvalue weighted by Gasteiger charge is 2.13. The number of carbonyl (C=O) groups excluding carboxylic acids is 1. The molecule has 2 aromatic carbocycles. The third-order valence-electron chi connectivity index (χ3n) is 4.42. The van der Waals surface area contributed by atoms with Crippen LogP contribution in [0.25, 0.3) is 0 Å². The summed E-state index contributed by atoms with van der Waals surface area (Å²) in [5, 5.41) is 2.87. The van der Waals surface area contributed by atoms with Crippen LogP contribution in [0.4, 0.5) is 10.1 Å². The Bertz CT molecular complexity index is 1080. The van der Waals surface area contributed by atoms with Gasteiger partial charge in [0.05, 0.1) is 0 Å². The van der Waals surface area contributed by atoms with Gasteiger partial charge in [-0.2, -0.15) is 0 Å². The number of aryl methyl sites for hydroxylation is 1. The molecule has 1 aromatic heterocycles. The van der Waals surface area contributed by atoms with Crippen LogP contribution < -0.4 is 20.9 Å². The number of hydrogen-bond acceptors (Lipinski definition) is 4. The zero-order chi connectivity index (χ0) is 22.4. The van der Waals surface area contributed by atoms with E-state index in [0.29, 0.717) is 17.4 Å². The zero-order valence-corrected chi connectivity index (χ0v) is 18.3. The van der Waals surface area contributed by atoms with E-state index in [4.69, 9.17) is 21.4 Å². The van der Waals surface area contributed by atoms with Gasteiger partial charge in [-0.25, -0.2) is 4.39 Å². The Morgan fingerprint density at radius 3 is 2.68 bits per heavy atom. The van der Waals surface area contributed by atoms with Gasteiger partial charge in [0.2, 0.25) is 0 Å². The van der Waals surface area contributed by atoms with E-state index in [0.717, 1.165) is 16.9 Å². The lowest BCUT2D eigenvalue weighted by Crippen LogP contribution is -2.43. The van der Waals surface area contributed by atoms with Gasteiger partial charge < -0.3 is 14.5 Å². The highest BCUT2D eigenvalue weighted by atomic mass is 32.1. The lowest BCUT2D eigenvalue weighted by atomic mass is 10.0. The number of benzene rings is 2. The molecule has 0 fully saturated rings. The summed E-state index contributed by atoms with van der Waals surface area (Å²) in [6, 6.07) is 15.1. The summed E-state index contributed by atoms with van der Waals surface area (Å²) in [7, 11) is 0. The van der Waals surface area contributed by atoms with Crippen molar-refractivity contribution in [2.75, 3.05) is 5.32 Å². The summed E-state index contributed by atoms with van der Waals surface area (Å²) in [6.07, 6.45) is 0. The van der Waals surface area contributed by atoms with Gasteiger partial charge in [0, 0.05) is 5.69 Å². The second kappa shape index (κ2) is 10.1. The van der Waals surface area contributed by atoms with Crippen molar-refractivity contribution in [3.05, 3.63) is 83.1 Å². The quantitative estimate of drug-likeness (QED) is 0.367. The van der Waals surface area contributed by atoms with Crippen LogP contribution >= 0.6 is 12.2 Å². The summed E-state index contributed by atoms with van der Waals surface area (Å²) >= 11 is 5.08. The summed E-state index contributed by atoms with van der Waals surface area (Å²) in [5.41, 5.74) is 7.65. The minimum absolute atomic E-state index is 0.105. The summed E-state index contributed by atoms with van der Waals surface area (Å²) in [5.74, 6) is 0.841. The van der Waals surface area contributed by atoms with E-state index < -0.39 is 11.7 Å². The monoisotopic (exact) mass is 441 g/mol. The molecule has 1 amide bonds. The van der Waals surface area contributed by atoms with Crippen molar-refractivity contribution < 1.29 is 18.3 Å². The van der Waals surface area contributed by atoms with Crippen molar-refractivity contribution in [1.29, 1.82) is 0 Å². The van der Waals surface area contributed by atoms with Crippen LogP contribution in [0.15, 0.2) is 59.0 Å². The van der Waals surface area contributed by atoms with E-state index in [-0.39, 0.29) is 17.5 Å². The van der Waals surface area contributed by atoms with Gasteiger partial charge in [-0.3, -0.25) is 15.6 Å². The first kappa shape index (κ1) is 22.3. The van der Waals surface area contributed by atoms with Crippen LogP contribution in [0.1, 0.15) is 47.2 Å². The molecule has 0 saturated heterocycles. The van der Waals surface area contributed by atoms with Crippen molar-refractivity contribution in [2.45, 2.75) is 33.3 Å². The average Bonchev–Trinajstić information content (AvgIpc) is 3.19. The molecule has 6 nitrogen and oxygen atoms in total. The van der Waals surface area contributed by atoms with E-state index in [1.54, 1.807) is 24.3 Å². The van der Waals surface area contributed by atoms with Crippen molar-refractivity contribution in [3.8, 4) is 5.75 Å².